The van der Waals surface area contributed by atoms with E-state index in [1.54, 1.807) is 11.3 Å². The Hall–Kier alpha value is -0.940. The van der Waals surface area contributed by atoms with Gasteiger partial charge in [0.1, 0.15) is 5.01 Å². The van der Waals surface area contributed by atoms with Gasteiger partial charge in [0.15, 0.2) is 11.6 Å². The first-order chi connectivity index (χ1) is 12.2. The summed E-state index contributed by atoms with van der Waals surface area (Å²) < 4.78 is 8.87. The molecule has 0 bridgehead atoms. The number of rotatable bonds is 9. The smallest absolute Gasteiger partial charge is 0.187 e. The maximum atomic E-state index is 4.68. The van der Waals surface area contributed by atoms with E-state index >= 15 is 0 Å². The summed E-state index contributed by atoms with van der Waals surface area (Å²) in [5.74, 6) is 3.92. The number of hydrogen-bond acceptors (Lipinski definition) is 10. The lowest BCUT2D eigenvalue weighted by molar-refractivity contribution is 0.401. The predicted molar refractivity (Wildman–Crippen MR) is 109 cm³/mol. The highest BCUT2D eigenvalue weighted by atomic mass is 32.2. The van der Waals surface area contributed by atoms with Crippen molar-refractivity contribution < 1.29 is 0 Å². The van der Waals surface area contributed by atoms with Crippen molar-refractivity contribution >= 4 is 46.5 Å². The highest BCUT2D eigenvalue weighted by Gasteiger charge is 2.17. The SMILES string of the molecule is CN(C)Cc1nc(CSCCNc2nsnc2N2CCNCC2)cs1. The molecule has 0 unspecified atom stereocenters. The Morgan fingerprint density at radius 3 is 2.96 bits per heavy atom. The molecule has 138 valence electrons. The first kappa shape index (κ1) is 18.8. The van der Waals surface area contributed by atoms with Crippen molar-refractivity contribution in [2.75, 3.05) is 62.8 Å². The van der Waals surface area contributed by atoms with Crippen LogP contribution in [0.3, 0.4) is 0 Å². The predicted octanol–water partition coefficient (Wildman–Crippen LogP) is 1.81. The zero-order valence-corrected chi connectivity index (χ0v) is 17.1. The number of piperazine rings is 1. The standard InChI is InChI=1S/C15H25N7S3/c1-21(2)9-13-18-12(11-24-13)10-23-8-5-17-14-15(20-25-19-14)22-6-3-16-4-7-22/h11,16H,3-10H2,1-2H3,(H,17,19). The summed E-state index contributed by atoms with van der Waals surface area (Å²) in [6.45, 7) is 5.82. The van der Waals surface area contributed by atoms with E-state index in [1.807, 2.05) is 11.8 Å². The second kappa shape index (κ2) is 9.67. The van der Waals surface area contributed by atoms with Gasteiger partial charge in [0.25, 0.3) is 0 Å². The van der Waals surface area contributed by atoms with E-state index in [0.29, 0.717) is 0 Å². The molecule has 7 nitrogen and oxygen atoms in total. The van der Waals surface area contributed by atoms with Gasteiger partial charge in [-0.25, -0.2) is 4.98 Å². The molecule has 3 rings (SSSR count). The molecule has 10 heteroatoms. The molecule has 3 heterocycles. The van der Waals surface area contributed by atoms with Crippen molar-refractivity contribution in [2.24, 2.45) is 0 Å². The zero-order valence-electron chi connectivity index (χ0n) is 14.7. The normalized spacial score (nSPS) is 15.1. The van der Waals surface area contributed by atoms with Gasteiger partial charge < -0.3 is 20.4 Å². The number of aromatic nitrogens is 3. The van der Waals surface area contributed by atoms with E-state index in [0.717, 1.165) is 62.4 Å². The molecular weight excluding hydrogens is 374 g/mol. The van der Waals surface area contributed by atoms with E-state index in [2.05, 4.69) is 53.6 Å². The number of anilines is 2. The topological polar surface area (TPSA) is 69.2 Å². The quantitative estimate of drug-likeness (QED) is 0.619. The summed E-state index contributed by atoms with van der Waals surface area (Å²) in [5.41, 5.74) is 1.18. The number of thiazole rings is 1. The van der Waals surface area contributed by atoms with E-state index in [9.17, 15) is 0 Å². The van der Waals surface area contributed by atoms with Crippen LogP contribution in [0.25, 0.3) is 0 Å². The number of nitrogens with zero attached hydrogens (tertiary/aromatic N) is 5. The lowest BCUT2D eigenvalue weighted by Crippen LogP contribution is -2.43. The van der Waals surface area contributed by atoms with Gasteiger partial charge in [0, 0.05) is 56.2 Å². The summed E-state index contributed by atoms with van der Waals surface area (Å²) >= 11 is 4.93. The fourth-order valence-corrected chi connectivity index (χ4v) is 4.87. The molecule has 2 aromatic rings. The average molecular weight is 400 g/mol. The molecule has 2 aromatic heterocycles. The van der Waals surface area contributed by atoms with Crippen LogP contribution in [0.2, 0.25) is 0 Å². The van der Waals surface area contributed by atoms with Crippen molar-refractivity contribution in [1.29, 1.82) is 0 Å². The van der Waals surface area contributed by atoms with Crippen molar-refractivity contribution in [3.63, 3.8) is 0 Å². The molecule has 25 heavy (non-hydrogen) atoms. The Balaban J connectivity index is 1.37. The maximum Gasteiger partial charge on any atom is 0.187 e. The molecule has 2 N–H and O–H groups in total. The Labute approximate surface area is 161 Å². The first-order valence-electron chi connectivity index (χ1n) is 8.40. The fourth-order valence-electron chi connectivity index (χ4n) is 2.56. The molecule has 1 aliphatic heterocycles. The van der Waals surface area contributed by atoms with Gasteiger partial charge >= 0.3 is 0 Å². The third-order valence-electron chi connectivity index (χ3n) is 3.73. The van der Waals surface area contributed by atoms with Crippen molar-refractivity contribution in [2.45, 2.75) is 12.3 Å². The second-order valence-corrected chi connectivity index (χ2v) is 8.70. The fraction of sp³-hybridized carbons (Fsp3) is 0.667. The van der Waals surface area contributed by atoms with Crippen molar-refractivity contribution in [1.82, 2.24) is 23.9 Å². The molecule has 0 aromatic carbocycles. The molecule has 1 saturated heterocycles. The van der Waals surface area contributed by atoms with Gasteiger partial charge in [-0.2, -0.15) is 20.5 Å². The molecule has 0 saturated carbocycles. The lowest BCUT2D eigenvalue weighted by Gasteiger charge is -2.27. The second-order valence-electron chi connectivity index (χ2n) is 6.12. The van der Waals surface area contributed by atoms with Gasteiger partial charge in [-0.1, -0.05) is 0 Å². The van der Waals surface area contributed by atoms with Crippen molar-refractivity contribution in [3.8, 4) is 0 Å². The number of thioether (sulfide) groups is 1. The minimum Gasteiger partial charge on any atom is -0.365 e. The molecule has 0 aliphatic carbocycles. The molecular formula is C15H25N7S3. The molecule has 0 spiro atoms. The molecule has 0 radical (unpaired) electrons. The summed E-state index contributed by atoms with van der Waals surface area (Å²) in [7, 11) is 4.15. The van der Waals surface area contributed by atoms with Gasteiger partial charge in [0.2, 0.25) is 0 Å². The summed E-state index contributed by atoms with van der Waals surface area (Å²) in [5, 5.41) is 10.2. The lowest BCUT2D eigenvalue weighted by atomic mass is 10.3. The minimum absolute atomic E-state index is 0.893. The molecule has 1 aliphatic rings. The Morgan fingerprint density at radius 1 is 1.32 bits per heavy atom. The van der Waals surface area contributed by atoms with Gasteiger partial charge in [-0.3, -0.25) is 0 Å². The Morgan fingerprint density at radius 2 is 2.16 bits per heavy atom. The molecule has 1 fully saturated rings. The van der Waals surface area contributed by atoms with Crippen LogP contribution in [0.15, 0.2) is 5.38 Å². The summed E-state index contributed by atoms with van der Waals surface area (Å²) in [6, 6.07) is 0. The maximum absolute atomic E-state index is 4.68. The highest BCUT2D eigenvalue weighted by Crippen LogP contribution is 2.23. The Bertz CT molecular complexity index is 637. The van der Waals surface area contributed by atoms with Crippen LogP contribution in [0.4, 0.5) is 11.6 Å². The van der Waals surface area contributed by atoms with Crippen LogP contribution in [-0.2, 0) is 12.3 Å². The van der Waals surface area contributed by atoms with Crippen LogP contribution in [0.5, 0.6) is 0 Å². The van der Waals surface area contributed by atoms with Crippen LogP contribution in [0.1, 0.15) is 10.7 Å². The van der Waals surface area contributed by atoms with E-state index in [4.69, 9.17) is 0 Å². The van der Waals surface area contributed by atoms with Gasteiger partial charge in [0.05, 0.1) is 17.4 Å². The third-order valence-corrected chi connectivity index (χ3v) is 6.12. The van der Waals surface area contributed by atoms with E-state index in [1.165, 1.54) is 22.4 Å². The number of nitrogens with one attached hydrogen (secondary N) is 2. The van der Waals surface area contributed by atoms with Crippen LogP contribution in [-0.4, -0.2) is 71.2 Å². The first-order valence-corrected chi connectivity index (χ1v) is 11.2. The van der Waals surface area contributed by atoms with Crippen molar-refractivity contribution in [3.05, 3.63) is 16.1 Å². The van der Waals surface area contributed by atoms with Gasteiger partial charge in [-0.15, -0.1) is 11.3 Å². The minimum atomic E-state index is 0.893. The third kappa shape index (κ3) is 5.78. The molecule has 0 amide bonds. The van der Waals surface area contributed by atoms with Crippen LogP contribution in [0, 0.1) is 0 Å². The summed E-state index contributed by atoms with van der Waals surface area (Å²) in [6.07, 6.45) is 0. The zero-order chi connectivity index (χ0) is 17.5. The van der Waals surface area contributed by atoms with E-state index in [-0.39, 0.29) is 0 Å². The summed E-state index contributed by atoms with van der Waals surface area (Å²) in [4.78, 5) is 9.13. The van der Waals surface area contributed by atoms with E-state index < -0.39 is 0 Å². The molecule has 0 atom stereocenters. The van der Waals surface area contributed by atoms with Crippen LogP contribution < -0.4 is 15.5 Å². The average Bonchev–Trinajstić information content (AvgIpc) is 3.24. The number of hydrogen-bond donors (Lipinski definition) is 2. The van der Waals surface area contributed by atoms with Crippen LogP contribution >= 0.6 is 34.8 Å². The monoisotopic (exact) mass is 399 g/mol. The largest absolute Gasteiger partial charge is 0.365 e. The Kier molecular flexibility index (Phi) is 7.29. The highest BCUT2D eigenvalue weighted by molar-refractivity contribution is 7.98. The van der Waals surface area contributed by atoms with Gasteiger partial charge in [-0.05, 0) is 14.1 Å².